The van der Waals surface area contributed by atoms with E-state index in [1.165, 1.54) is 23.6 Å². The zero-order valence-electron chi connectivity index (χ0n) is 19.8. The van der Waals surface area contributed by atoms with Crippen molar-refractivity contribution in [1.29, 1.82) is 0 Å². The molecular weight excluding hydrogens is 452 g/mol. The van der Waals surface area contributed by atoms with E-state index in [-0.39, 0.29) is 24.0 Å². The van der Waals surface area contributed by atoms with Crippen molar-refractivity contribution in [1.82, 2.24) is 25.1 Å². The molecule has 2 aliphatic heterocycles. The zero-order valence-corrected chi connectivity index (χ0v) is 19.8. The molecule has 0 radical (unpaired) electrons. The van der Waals surface area contributed by atoms with Gasteiger partial charge < -0.3 is 26.0 Å². The molecule has 1 aromatic carbocycles. The Labute approximate surface area is 202 Å². The summed E-state index contributed by atoms with van der Waals surface area (Å²) in [6, 6.07) is 9.47. The van der Waals surface area contributed by atoms with E-state index in [4.69, 9.17) is 0 Å². The summed E-state index contributed by atoms with van der Waals surface area (Å²) in [6.07, 6.45) is 2.38. The number of fused-ring (bicyclic) bond motifs is 2. The number of rotatable bonds is 6. The molecular formula is C24H30N6O5. The average molecular weight is 483 g/mol. The highest BCUT2D eigenvalue weighted by molar-refractivity contribution is 6.35. The van der Waals surface area contributed by atoms with Crippen molar-refractivity contribution in [2.75, 3.05) is 32.5 Å². The lowest BCUT2D eigenvalue weighted by molar-refractivity contribution is -0.145. The minimum atomic E-state index is -1.08. The molecule has 2 bridgehead atoms. The largest absolute Gasteiger partial charge is 0.501 e. The van der Waals surface area contributed by atoms with Crippen LogP contribution in [0.25, 0.3) is 0 Å². The average Bonchev–Trinajstić information content (AvgIpc) is 3.10. The third-order valence-corrected chi connectivity index (χ3v) is 6.65. The van der Waals surface area contributed by atoms with Crippen LogP contribution in [-0.4, -0.2) is 64.5 Å². The van der Waals surface area contributed by atoms with E-state index in [0.29, 0.717) is 38.8 Å². The van der Waals surface area contributed by atoms with Gasteiger partial charge in [0.2, 0.25) is 5.75 Å². The Balaban J connectivity index is 1.59. The number of aromatic nitrogens is 2. The van der Waals surface area contributed by atoms with Crippen LogP contribution in [0, 0.1) is 5.92 Å². The quantitative estimate of drug-likeness (QED) is 0.344. The van der Waals surface area contributed by atoms with E-state index in [1.807, 2.05) is 30.3 Å². The fourth-order valence-electron chi connectivity index (χ4n) is 4.75. The molecule has 5 rings (SSSR count). The Kier molecular flexibility index (Phi) is 6.77. The molecule has 1 saturated carbocycles. The molecule has 3 aliphatic rings. The van der Waals surface area contributed by atoms with Gasteiger partial charge in [-0.1, -0.05) is 18.2 Å². The molecule has 2 aromatic rings. The Morgan fingerprint density at radius 1 is 1.14 bits per heavy atom. The number of hydrogen-bond acceptors (Lipinski definition) is 7. The van der Waals surface area contributed by atoms with Crippen LogP contribution < -0.4 is 21.5 Å². The van der Waals surface area contributed by atoms with Crippen molar-refractivity contribution in [3.8, 4) is 5.75 Å². The van der Waals surface area contributed by atoms with Gasteiger partial charge in [-0.15, -0.1) is 0 Å². The second-order valence-electron chi connectivity index (χ2n) is 9.28. The molecule has 4 N–H and O–H groups in total. The van der Waals surface area contributed by atoms with Gasteiger partial charge in [-0.2, -0.15) is 0 Å². The Morgan fingerprint density at radius 3 is 2.49 bits per heavy atom. The molecule has 35 heavy (non-hydrogen) atoms. The number of para-hydroxylation sites is 1. The van der Waals surface area contributed by atoms with Crippen LogP contribution in [0.15, 0.2) is 35.1 Å². The van der Waals surface area contributed by atoms with E-state index in [1.54, 1.807) is 0 Å². The Morgan fingerprint density at radius 2 is 1.83 bits per heavy atom. The summed E-state index contributed by atoms with van der Waals surface area (Å²) in [5, 5.41) is 19.2. The lowest BCUT2D eigenvalue weighted by Gasteiger charge is -2.37. The molecule has 1 fully saturated rings. The molecule has 0 saturated heterocycles. The number of carbonyl (C=O) groups excluding carboxylic acids is 3. The topological polar surface area (TPSA) is 146 Å². The number of anilines is 1. The van der Waals surface area contributed by atoms with E-state index in [2.05, 4.69) is 20.9 Å². The maximum atomic E-state index is 13.1. The first-order valence-electron chi connectivity index (χ1n) is 11.7. The predicted octanol–water partition coefficient (Wildman–Crippen LogP) is 0.394. The summed E-state index contributed by atoms with van der Waals surface area (Å²) in [5.74, 6) is -2.57. The fourth-order valence-corrected chi connectivity index (χ4v) is 4.75. The van der Waals surface area contributed by atoms with E-state index < -0.39 is 34.6 Å². The standard InChI is InChI=1S/C24H30N6O5/c1-29(2)22(35)20(33)28-24-10-8-15(9-11-24)14-30-21(34)18(31)17(27-23(24)30)19(32)26-13-12-25-16-6-4-3-5-7-16/h3-7,15,25,31H,8-14H2,1-2H3,(H,26,32)(H,28,33). The fraction of sp³-hybridized carbons (Fsp3) is 0.458. The SMILES string of the molecule is CN(C)C(=O)C(=O)NC12CCC(CC1)Cn1c2nc(C(=O)NCCNc2ccccc2)c(O)c1=O. The van der Waals surface area contributed by atoms with Crippen molar-refractivity contribution in [3.05, 3.63) is 52.2 Å². The van der Waals surface area contributed by atoms with Gasteiger partial charge in [0.25, 0.3) is 11.5 Å². The second-order valence-corrected chi connectivity index (χ2v) is 9.28. The van der Waals surface area contributed by atoms with Gasteiger partial charge in [0, 0.05) is 39.4 Å². The third-order valence-electron chi connectivity index (χ3n) is 6.65. The van der Waals surface area contributed by atoms with Crippen molar-refractivity contribution in [3.63, 3.8) is 0 Å². The number of benzene rings is 1. The van der Waals surface area contributed by atoms with Gasteiger partial charge in [-0.05, 0) is 43.7 Å². The molecule has 0 atom stereocenters. The van der Waals surface area contributed by atoms with Gasteiger partial charge in [0.15, 0.2) is 5.69 Å². The third kappa shape index (κ3) is 4.84. The van der Waals surface area contributed by atoms with Gasteiger partial charge >= 0.3 is 11.8 Å². The minimum Gasteiger partial charge on any atom is -0.501 e. The van der Waals surface area contributed by atoms with E-state index in [9.17, 15) is 24.3 Å². The van der Waals surface area contributed by atoms with Gasteiger partial charge in [-0.25, -0.2) is 4.98 Å². The van der Waals surface area contributed by atoms with Crippen molar-refractivity contribution in [2.24, 2.45) is 5.92 Å². The molecule has 1 aliphatic carbocycles. The van der Waals surface area contributed by atoms with Crippen molar-refractivity contribution < 1.29 is 19.5 Å². The summed E-state index contributed by atoms with van der Waals surface area (Å²) in [4.78, 5) is 56.5. The number of likely N-dealkylation sites (N-methyl/N-ethyl adjacent to an activating group) is 1. The molecule has 11 nitrogen and oxygen atoms in total. The van der Waals surface area contributed by atoms with Crippen LogP contribution in [-0.2, 0) is 21.7 Å². The molecule has 1 aromatic heterocycles. The van der Waals surface area contributed by atoms with Gasteiger partial charge in [-0.3, -0.25) is 23.7 Å². The summed E-state index contributed by atoms with van der Waals surface area (Å²) in [5.41, 5.74) is -1.30. The number of nitrogens with one attached hydrogen (secondary N) is 3. The number of nitrogens with zero attached hydrogens (tertiary/aromatic N) is 3. The second kappa shape index (κ2) is 9.77. The highest BCUT2D eigenvalue weighted by Crippen LogP contribution is 2.42. The number of aromatic hydroxyl groups is 1. The minimum absolute atomic E-state index is 0.175. The highest BCUT2D eigenvalue weighted by Gasteiger charge is 2.46. The van der Waals surface area contributed by atoms with Crippen LogP contribution in [0.4, 0.5) is 5.69 Å². The molecule has 0 spiro atoms. The Hall–Kier alpha value is -3.89. The molecule has 186 valence electrons. The van der Waals surface area contributed by atoms with Crippen molar-refractivity contribution in [2.45, 2.75) is 37.8 Å². The summed E-state index contributed by atoms with van der Waals surface area (Å²) in [7, 11) is 2.96. The van der Waals surface area contributed by atoms with E-state index in [0.717, 1.165) is 5.69 Å². The lowest BCUT2D eigenvalue weighted by atomic mass is 9.77. The highest BCUT2D eigenvalue weighted by atomic mass is 16.3. The number of hydrogen-bond donors (Lipinski definition) is 4. The zero-order chi connectivity index (χ0) is 25.2. The first-order chi connectivity index (χ1) is 16.7. The summed E-state index contributed by atoms with van der Waals surface area (Å²) < 4.78 is 1.34. The van der Waals surface area contributed by atoms with Crippen LogP contribution >= 0.6 is 0 Å². The first kappa shape index (κ1) is 24.2. The maximum Gasteiger partial charge on any atom is 0.311 e. The number of amides is 3. The normalized spacial score (nSPS) is 20.3. The van der Waals surface area contributed by atoms with E-state index >= 15 is 0 Å². The number of carbonyl (C=O) groups is 3. The lowest BCUT2D eigenvalue weighted by Crippen LogP contribution is -2.53. The van der Waals surface area contributed by atoms with Gasteiger partial charge in [0.05, 0.1) is 5.54 Å². The smallest absolute Gasteiger partial charge is 0.311 e. The first-order valence-corrected chi connectivity index (χ1v) is 11.7. The van der Waals surface area contributed by atoms with Crippen LogP contribution in [0.2, 0.25) is 0 Å². The van der Waals surface area contributed by atoms with Crippen LogP contribution in [0.5, 0.6) is 5.75 Å². The molecule has 0 unspecified atom stereocenters. The monoisotopic (exact) mass is 482 g/mol. The maximum absolute atomic E-state index is 13.1. The Bertz CT molecular complexity index is 1180. The molecule has 3 heterocycles. The molecule has 11 heteroatoms. The summed E-state index contributed by atoms with van der Waals surface area (Å²) in [6.45, 7) is 0.986. The van der Waals surface area contributed by atoms with Gasteiger partial charge in [0.1, 0.15) is 5.82 Å². The molecule has 3 amide bonds. The van der Waals surface area contributed by atoms with Crippen LogP contribution in [0.1, 0.15) is 42.0 Å². The van der Waals surface area contributed by atoms with Crippen LogP contribution in [0.3, 0.4) is 0 Å². The summed E-state index contributed by atoms with van der Waals surface area (Å²) >= 11 is 0. The van der Waals surface area contributed by atoms with Crippen molar-refractivity contribution >= 4 is 23.4 Å². The predicted molar refractivity (Wildman–Crippen MR) is 128 cm³/mol.